The van der Waals surface area contributed by atoms with E-state index in [9.17, 15) is 4.79 Å². The monoisotopic (exact) mass is 277 g/mol. The fourth-order valence-corrected chi connectivity index (χ4v) is 2.25. The van der Waals surface area contributed by atoms with Crippen molar-refractivity contribution >= 4 is 11.6 Å². The van der Waals surface area contributed by atoms with Crippen molar-refractivity contribution in [2.75, 3.05) is 18.5 Å². The largest absolute Gasteiger partial charge is 0.385 e. The Morgan fingerprint density at radius 2 is 2.25 bits per heavy atom. The van der Waals surface area contributed by atoms with Gasteiger partial charge < -0.3 is 15.4 Å². The number of hydrogen-bond acceptors (Lipinski definition) is 4. The molecule has 1 heterocycles. The lowest BCUT2D eigenvalue weighted by Crippen LogP contribution is -2.48. The molecule has 2 rings (SSSR count). The number of anilines is 1. The Kier molecular flexibility index (Phi) is 5.35. The Balaban J connectivity index is 1.83. The first-order valence-corrected chi connectivity index (χ1v) is 7.35. The number of rotatable bonds is 7. The zero-order valence-corrected chi connectivity index (χ0v) is 12.2. The topological polar surface area (TPSA) is 63.2 Å². The Morgan fingerprint density at radius 1 is 1.45 bits per heavy atom. The molecule has 1 aliphatic carbocycles. The van der Waals surface area contributed by atoms with Crippen molar-refractivity contribution in [3.05, 3.63) is 24.0 Å². The Morgan fingerprint density at radius 3 is 2.95 bits per heavy atom. The molecule has 2 N–H and O–H groups in total. The molecule has 0 radical (unpaired) electrons. The number of aromatic nitrogens is 1. The van der Waals surface area contributed by atoms with Crippen LogP contribution in [0.3, 0.4) is 0 Å². The minimum Gasteiger partial charge on any atom is -0.385 e. The molecule has 1 saturated carbocycles. The normalized spacial score (nSPS) is 21.1. The van der Waals surface area contributed by atoms with Gasteiger partial charge in [0, 0.05) is 31.1 Å². The lowest BCUT2D eigenvalue weighted by molar-refractivity contribution is -0.00867. The quantitative estimate of drug-likeness (QED) is 0.802. The number of hydrogen-bond donors (Lipinski definition) is 2. The average Bonchev–Trinajstić information content (AvgIpc) is 2.43. The van der Waals surface area contributed by atoms with Crippen LogP contribution >= 0.6 is 0 Å². The molecule has 0 bridgehead atoms. The van der Waals surface area contributed by atoms with Crippen LogP contribution in [0.1, 0.15) is 43.6 Å². The van der Waals surface area contributed by atoms with Crippen LogP contribution in [-0.4, -0.2) is 36.2 Å². The molecule has 0 saturated heterocycles. The average molecular weight is 277 g/mol. The molecular formula is C15H23N3O2. The van der Waals surface area contributed by atoms with E-state index >= 15 is 0 Å². The van der Waals surface area contributed by atoms with E-state index in [0.717, 1.165) is 38.1 Å². The number of amides is 1. The number of pyridine rings is 1. The van der Waals surface area contributed by atoms with Gasteiger partial charge in [0.2, 0.25) is 0 Å². The van der Waals surface area contributed by atoms with E-state index in [1.54, 1.807) is 12.3 Å². The van der Waals surface area contributed by atoms with E-state index in [1.807, 2.05) is 13.0 Å². The number of ether oxygens (including phenoxy) is 1. The zero-order chi connectivity index (χ0) is 14.4. The number of carbonyl (C=O) groups excluding carboxylic acids is 1. The fraction of sp³-hybridized carbons (Fsp3) is 0.600. The van der Waals surface area contributed by atoms with Crippen LogP contribution in [0.4, 0.5) is 5.69 Å². The van der Waals surface area contributed by atoms with Gasteiger partial charge in [0.05, 0.1) is 6.10 Å². The van der Waals surface area contributed by atoms with Gasteiger partial charge >= 0.3 is 0 Å². The molecular weight excluding hydrogens is 254 g/mol. The highest BCUT2D eigenvalue weighted by atomic mass is 16.5. The summed E-state index contributed by atoms with van der Waals surface area (Å²) in [5.74, 6) is -0.106. The molecule has 20 heavy (non-hydrogen) atoms. The standard InChI is InChI=1S/C15H23N3O2/c1-3-6-16-11-5-7-17-14(10-11)15(19)18-12-8-13(9-12)20-4-2/h5,7,10,12-13H,3-4,6,8-9H2,1-2H3,(H,16,17)(H,18,19). The van der Waals surface area contributed by atoms with Crippen molar-refractivity contribution in [1.29, 1.82) is 0 Å². The lowest BCUT2D eigenvalue weighted by Gasteiger charge is -2.35. The third-order valence-corrected chi connectivity index (χ3v) is 3.40. The van der Waals surface area contributed by atoms with Crippen LogP contribution in [0.5, 0.6) is 0 Å². The van der Waals surface area contributed by atoms with Crippen LogP contribution in [0.15, 0.2) is 18.3 Å². The summed E-state index contributed by atoms with van der Waals surface area (Å²) in [5, 5.41) is 6.25. The van der Waals surface area contributed by atoms with Crippen molar-refractivity contribution in [3.63, 3.8) is 0 Å². The zero-order valence-electron chi connectivity index (χ0n) is 12.2. The summed E-state index contributed by atoms with van der Waals surface area (Å²) < 4.78 is 5.48. The molecule has 0 aromatic carbocycles. The van der Waals surface area contributed by atoms with E-state index in [0.29, 0.717) is 11.8 Å². The van der Waals surface area contributed by atoms with Crippen LogP contribution < -0.4 is 10.6 Å². The highest BCUT2D eigenvalue weighted by Gasteiger charge is 2.31. The Hall–Kier alpha value is -1.62. The van der Waals surface area contributed by atoms with Gasteiger partial charge in [-0.15, -0.1) is 0 Å². The van der Waals surface area contributed by atoms with Gasteiger partial charge in [0.1, 0.15) is 5.69 Å². The second kappa shape index (κ2) is 7.24. The fourth-order valence-electron chi connectivity index (χ4n) is 2.25. The second-order valence-electron chi connectivity index (χ2n) is 5.08. The van der Waals surface area contributed by atoms with Gasteiger partial charge in [-0.3, -0.25) is 9.78 Å². The first-order chi connectivity index (χ1) is 9.72. The van der Waals surface area contributed by atoms with Crippen molar-refractivity contribution in [3.8, 4) is 0 Å². The first kappa shape index (κ1) is 14.8. The van der Waals surface area contributed by atoms with Gasteiger partial charge in [0.25, 0.3) is 5.91 Å². The molecule has 0 unspecified atom stereocenters. The third kappa shape index (κ3) is 3.93. The van der Waals surface area contributed by atoms with Crippen LogP contribution in [0, 0.1) is 0 Å². The van der Waals surface area contributed by atoms with E-state index < -0.39 is 0 Å². The maximum Gasteiger partial charge on any atom is 0.270 e. The van der Waals surface area contributed by atoms with Gasteiger partial charge in [-0.25, -0.2) is 0 Å². The Labute approximate surface area is 120 Å². The number of carbonyl (C=O) groups is 1. The van der Waals surface area contributed by atoms with Gasteiger partial charge in [-0.1, -0.05) is 6.92 Å². The molecule has 1 fully saturated rings. The van der Waals surface area contributed by atoms with Crippen LogP contribution in [-0.2, 0) is 4.74 Å². The Bertz CT molecular complexity index is 444. The molecule has 1 aromatic rings. The maximum absolute atomic E-state index is 12.1. The predicted octanol–water partition coefficient (Wildman–Crippen LogP) is 2.20. The summed E-state index contributed by atoms with van der Waals surface area (Å²) in [6.07, 6.45) is 4.80. The maximum atomic E-state index is 12.1. The molecule has 0 atom stereocenters. The molecule has 5 heteroatoms. The van der Waals surface area contributed by atoms with Crippen LogP contribution in [0.25, 0.3) is 0 Å². The predicted molar refractivity (Wildman–Crippen MR) is 78.9 cm³/mol. The first-order valence-electron chi connectivity index (χ1n) is 7.35. The second-order valence-corrected chi connectivity index (χ2v) is 5.08. The summed E-state index contributed by atoms with van der Waals surface area (Å²) in [4.78, 5) is 16.2. The van der Waals surface area contributed by atoms with Crippen LogP contribution in [0.2, 0.25) is 0 Å². The van der Waals surface area contributed by atoms with Crippen molar-refractivity contribution in [2.24, 2.45) is 0 Å². The smallest absolute Gasteiger partial charge is 0.270 e. The summed E-state index contributed by atoms with van der Waals surface area (Å²) in [5.41, 5.74) is 1.40. The van der Waals surface area contributed by atoms with Crippen molar-refractivity contribution in [1.82, 2.24) is 10.3 Å². The molecule has 5 nitrogen and oxygen atoms in total. The van der Waals surface area contributed by atoms with E-state index in [4.69, 9.17) is 4.74 Å². The molecule has 1 aliphatic rings. The van der Waals surface area contributed by atoms with Crippen molar-refractivity contribution in [2.45, 2.75) is 45.3 Å². The highest BCUT2D eigenvalue weighted by Crippen LogP contribution is 2.23. The van der Waals surface area contributed by atoms with Gasteiger partial charge in [-0.2, -0.15) is 0 Å². The summed E-state index contributed by atoms with van der Waals surface area (Å²) in [6, 6.07) is 3.89. The SMILES string of the molecule is CCCNc1ccnc(C(=O)NC2CC(OCC)C2)c1. The van der Waals surface area contributed by atoms with Gasteiger partial charge in [0.15, 0.2) is 0 Å². The van der Waals surface area contributed by atoms with Gasteiger partial charge in [-0.05, 0) is 38.3 Å². The number of nitrogens with one attached hydrogen (secondary N) is 2. The summed E-state index contributed by atoms with van der Waals surface area (Å²) in [7, 11) is 0. The van der Waals surface area contributed by atoms with E-state index in [2.05, 4.69) is 22.5 Å². The van der Waals surface area contributed by atoms with E-state index in [1.165, 1.54) is 0 Å². The minimum atomic E-state index is -0.106. The summed E-state index contributed by atoms with van der Waals surface area (Å²) >= 11 is 0. The molecule has 0 aliphatic heterocycles. The summed E-state index contributed by atoms with van der Waals surface area (Å²) in [6.45, 7) is 5.72. The molecule has 0 spiro atoms. The molecule has 1 aromatic heterocycles. The highest BCUT2D eigenvalue weighted by molar-refractivity contribution is 5.93. The molecule has 1 amide bonds. The third-order valence-electron chi connectivity index (χ3n) is 3.40. The van der Waals surface area contributed by atoms with E-state index in [-0.39, 0.29) is 11.9 Å². The van der Waals surface area contributed by atoms with Crippen molar-refractivity contribution < 1.29 is 9.53 Å². The lowest BCUT2D eigenvalue weighted by atomic mass is 9.89. The minimum absolute atomic E-state index is 0.106. The molecule has 110 valence electrons. The number of nitrogens with zero attached hydrogens (tertiary/aromatic N) is 1.